The van der Waals surface area contributed by atoms with Gasteiger partial charge in [0.1, 0.15) is 11.5 Å². The summed E-state index contributed by atoms with van der Waals surface area (Å²) in [6.45, 7) is 0.861. The maximum absolute atomic E-state index is 5.84. The first-order valence-corrected chi connectivity index (χ1v) is 8.05. The summed E-state index contributed by atoms with van der Waals surface area (Å²) in [5.74, 6) is 1.63. The Balaban J connectivity index is 1.64. The van der Waals surface area contributed by atoms with Gasteiger partial charge in [-0.05, 0) is 55.0 Å². The zero-order valence-corrected chi connectivity index (χ0v) is 12.3. The summed E-state index contributed by atoms with van der Waals surface area (Å²) in [6, 6.07) is 10.9. The van der Waals surface area contributed by atoms with Gasteiger partial charge in [-0.3, -0.25) is 4.98 Å². The van der Waals surface area contributed by atoms with Crippen LogP contribution in [0, 0.1) is 0 Å². The summed E-state index contributed by atoms with van der Waals surface area (Å²) in [4.78, 5) is 5.48. The third-order valence-electron chi connectivity index (χ3n) is 3.24. The lowest BCUT2D eigenvalue weighted by atomic mass is 10.2. The molecule has 1 aromatic heterocycles. The molecular weight excluding hydrogens is 268 g/mol. The molecule has 0 saturated heterocycles. The van der Waals surface area contributed by atoms with E-state index in [1.165, 1.54) is 17.7 Å². The number of thioether (sulfide) groups is 1. The molecule has 4 heteroatoms. The monoisotopic (exact) mass is 286 g/mol. The number of nitrogens with zero attached hydrogens (tertiary/aromatic N) is 1. The maximum Gasteiger partial charge on any atom is 0.146 e. The van der Waals surface area contributed by atoms with E-state index in [1.807, 2.05) is 24.4 Å². The Morgan fingerprint density at radius 3 is 2.70 bits per heavy atom. The quantitative estimate of drug-likeness (QED) is 0.818. The van der Waals surface area contributed by atoms with Gasteiger partial charge in [0.25, 0.3) is 0 Å². The lowest BCUT2D eigenvalue weighted by Crippen LogP contribution is -2.15. The summed E-state index contributed by atoms with van der Waals surface area (Å²) in [7, 11) is 0. The van der Waals surface area contributed by atoms with Crippen LogP contribution in [0.4, 0.5) is 0 Å². The fourth-order valence-electron chi connectivity index (χ4n) is 1.95. The van der Waals surface area contributed by atoms with Gasteiger partial charge in [0.05, 0.1) is 6.20 Å². The van der Waals surface area contributed by atoms with Crippen molar-refractivity contribution in [2.45, 2.75) is 30.3 Å². The fraction of sp³-hybridized carbons (Fsp3) is 0.312. The van der Waals surface area contributed by atoms with Crippen LogP contribution in [-0.4, -0.2) is 17.3 Å². The highest BCUT2D eigenvalue weighted by Gasteiger charge is 2.19. The molecule has 0 aliphatic heterocycles. The fourth-order valence-corrected chi connectivity index (χ4v) is 2.35. The normalized spacial score (nSPS) is 14.2. The average molecular weight is 286 g/mol. The maximum atomic E-state index is 5.84. The molecule has 20 heavy (non-hydrogen) atoms. The largest absolute Gasteiger partial charge is 0.456 e. The number of pyridine rings is 1. The highest BCUT2D eigenvalue weighted by molar-refractivity contribution is 7.98. The molecule has 3 rings (SSSR count). The van der Waals surface area contributed by atoms with Gasteiger partial charge >= 0.3 is 0 Å². The van der Waals surface area contributed by atoms with Crippen molar-refractivity contribution in [1.29, 1.82) is 0 Å². The molecule has 1 heterocycles. The van der Waals surface area contributed by atoms with Gasteiger partial charge in [-0.25, -0.2) is 0 Å². The van der Waals surface area contributed by atoms with Crippen LogP contribution in [-0.2, 0) is 6.54 Å². The van der Waals surface area contributed by atoms with E-state index in [-0.39, 0.29) is 0 Å². The summed E-state index contributed by atoms with van der Waals surface area (Å²) in [5, 5.41) is 3.48. The zero-order valence-electron chi connectivity index (χ0n) is 11.5. The molecule has 2 aromatic rings. The Bertz CT molecular complexity index is 567. The Morgan fingerprint density at radius 2 is 2.00 bits per heavy atom. The van der Waals surface area contributed by atoms with Crippen molar-refractivity contribution in [1.82, 2.24) is 10.3 Å². The highest BCUT2D eigenvalue weighted by atomic mass is 32.2. The number of benzene rings is 1. The van der Waals surface area contributed by atoms with Crippen LogP contribution in [0.5, 0.6) is 11.5 Å². The highest BCUT2D eigenvalue weighted by Crippen LogP contribution is 2.25. The van der Waals surface area contributed by atoms with E-state index in [2.05, 4.69) is 28.7 Å². The van der Waals surface area contributed by atoms with Crippen LogP contribution in [0.3, 0.4) is 0 Å². The van der Waals surface area contributed by atoms with Gasteiger partial charge < -0.3 is 10.1 Å². The standard InChI is InChI=1S/C16H18N2OS/c1-20-16-6-4-14(5-7-16)19-15-8-12(9-17-11-15)10-18-13-2-3-13/h4-9,11,13,18H,2-3,10H2,1H3. The molecule has 0 spiro atoms. The minimum Gasteiger partial charge on any atom is -0.456 e. The Hall–Kier alpha value is -1.52. The number of rotatable bonds is 6. The first-order chi connectivity index (χ1) is 9.83. The summed E-state index contributed by atoms with van der Waals surface area (Å²) >= 11 is 1.73. The van der Waals surface area contributed by atoms with Crippen LogP contribution >= 0.6 is 11.8 Å². The second-order valence-electron chi connectivity index (χ2n) is 4.96. The summed E-state index contributed by atoms with van der Waals surface area (Å²) < 4.78 is 5.84. The van der Waals surface area contributed by atoms with Crippen molar-refractivity contribution >= 4 is 11.8 Å². The van der Waals surface area contributed by atoms with Crippen molar-refractivity contribution in [2.75, 3.05) is 6.26 Å². The first-order valence-electron chi connectivity index (χ1n) is 6.83. The van der Waals surface area contributed by atoms with E-state index in [0.717, 1.165) is 23.6 Å². The van der Waals surface area contributed by atoms with Gasteiger partial charge in [0.15, 0.2) is 0 Å². The van der Waals surface area contributed by atoms with Crippen LogP contribution in [0.1, 0.15) is 18.4 Å². The number of hydrogen-bond acceptors (Lipinski definition) is 4. The molecule has 1 aliphatic carbocycles. The molecule has 0 radical (unpaired) electrons. The molecular formula is C16H18N2OS. The van der Waals surface area contributed by atoms with Crippen molar-refractivity contribution in [3.05, 3.63) is 48.3 Å². The number of nitrogens with one attached hydrogen (secondary N) is 1. The Kier molecular flexibility index (Phi) is 4.23. The molecule has 1 fully saturated rings. The van der Waals surface area contributed by atoms with E-state index < -0.39 is 0 Å². The van der Waals surface area contributed by atoms with Crippen molar-refractivity contribution in [3.63, 3.8) is 0 Å². The minimum atomic E-state index is 0.707. The molecule has 0 atom stereocenters. The summed E-state index contributed by atoms with van der Waals surface area (Å²) in [6.07, 6.45) is 8.30. The molecule has 1 saturated carbocycles. The van der Waals surface area contributed by atoms with Crippen molar-refractivity contribution in [2.24, 2.45) is 0 Å². The van der Waals surface area contributed by atoms with Crippen LogP contribution in [0.2, 0.25) is 0 Å². The van der Waals surface area contributed by atoms with Crippen molar-refractivity contribution in [3.8, 4) is 11.5 Å². The third kappa shape index (κ3) is 3.74. The lowest BCUT2D eigenvalue weighted by molar-refractivity contribution is 0.478. The number of hydrogen-bond donors (Lipinski definition) is 1. The topological polar surface area (TPSA) is 34.1 Å². The van der Waals surface area contributed by atoms with Gasteiger partial charge in [0, 0.05) is 23.7 Å². The molecule has 0 amide bonds. The molecule has 1 aliphatic rings. The van der Waals surface area contributed by atoms with Crippen molar-refractivity contribution < 1.29 is 4.74 Å². The Labute approximate surface area is 123 Å². The van der Waals surface area contributed by atoms with Gasteiger partial charge in [-0.2, -0.15) is 0 Å². The van der Waals surface area contributed by atoms with Crippen LogP contribution in [0.15, 0.2) is 47.6 Å². The second-order valence-corrected chi connectivity index (χ2v) is 5.84. The van der Waals surface area contributed by atoms with Crippen LogP contribution in [0.25, 0.3) is 0 Å². The molecule has 3 nitrogen and oxygen atoms in total. The number of ether oxygens (including phenoxy) is 1. The molecule has 0 bridgehead atoms. The van der Waals surface area contributed by atoms with E-state index in [1.54, 1.807) is 18.0 Å². The van der Waals surface area contributed by atoms with E-state index in [9.17, 15) is 0 Å². The second kappa shape index (κ2) is 6.29. The predicted octanol–water partition coefficient (Wildman–Crippen LogP) is 3.85. The molecule has 104 valence electrons. The van der Waals surface area contributed by atoms with Gasteiger partial charge in [-0.1, -0.05) is 0 Å². The number of aromatic nitrogens is 1. The molecule has 1 aromatic carbocycles. The zero-order chi connectivity index (χ0) is 13.8. The van der Waals surface area contributed by atoms with Gasteiger partial charge in [0.2, 0.25) is 0 Å². The SMILES string of the molecule is CSc1ccc(Oc2cncc(CNC3CC3)c2)cc1. The molecule has 0 unspecified atom stereocenters. The minimum absolute atomic E-state index is 0.707. The van der Waals surface area contributed by atoms with E-state index in [4.69, 9.17) is 4.74 Å². The molecule has 1 N–H and O–H groups in total. The van der Waals surface area contributed by atoms with E-state index >= 15 is 0 Å². The lowest BCUT2D eigenvalue weighted by Gasteiger charge is -2.08. The average Bonchev–Trinajstić information content (AvgIpc) is 3.31. The smallest absolute Gasteiger partial charge is 0.146 e. The van der Waals surface area contributed by atoms with Crippen LogP contribution < -0.4 is 10.1 Å². The van der Waals surface area contributed by atoms with Gasteiger partial charge in [-0.15, -0.1) is 11.8 Å². The Morgan fingerprint density at radius 1 is 1.20 bits per heavy atom. The predicted molar refractivity (Wildman–Crippen MR) is 82.4 cm³/mol. The first kappa shape index (κ1) is 13.5. The summed E-state index contributed by atoms with van der Waals surface area (Å²) in [5.41, 5.74) is 1.16. The third-order valence-corrected chi connectivity index (χ3v) is 3.98. The van der Waals surface area contributed by atoms with E-state index in [0.29, 0.717) is 6.04 Å².